The average molecular weight is 263 g/mol. The number of sulfone groups is 1. The van der Waals surface area contributed by atoms with Crippen LogP contribution in [0.1, 0.15) is 59.8 Å². The van der Waals surface area contributed by atoms with Gasteiger partial charge < -0.3 is 5.32 Å². The molecule has 17 heavy (non-hydrogen) atoms. The van der Waals surface area contributed by atoms with Gasteiger partial charge in [-0.15, -0.1) is 0 Å². The maximum atomic E-state index is 11.5. The van der Waals surface area contributed by atoms with Gasteiger partial charge in [0.25, 0.3) is 0 Å². The minimum atomic E-state index is -2.99. The third-order valence-electron chi connectivity index (χ3n) is 3.37. The molecule has 1 unspecified atom stereocenters. The van der Waals surface area contributed by atoms with E-state index in [1.807, 2.05) is 0 Å². The second kappa shape index (κ2) is 7.37. The zero-order valence-corrected chi connectivity index (χ0v) is 12.9. The van der Waals surface area contributed by atoms with Crippen molar-refractivity contribution in [1.29, 1.82) is 0 Å². The zero-order chi connectivity index (χ0) is 13.5. The fourth-order valence-electron chi connectivity index (χ4n) is 1.53. The molecule has 3 nitrogen and oxygen atoms in total. The first-order valence-corrected chi connectivity index (χ1v) is 8.53. The summed E-state index contributed by atoms with van der Waals surface area (Å²) in [6, 6.07) is 0.396. The minimum absolute atomic E-state index is 0.396. The Kier molecular flexibility index (Phi) is 7.33. The monoisotopic (exact) mass is 263 g/mol. The lowest BCUT2D eigenvalue weighted by Gasteiger charge is -2.25. The lowest BCUT2D eigenvalue weighted by Crippen LogP contribution is -2.44. The summed E-state index contributed by atoms with van der Waals surface area (Å²) in [5, 5.41) is 3.33. The molecule has 0 amide bonds. The van der Waals surface area contributed by atoms with Crippen LogP contribution in [0.5, 0.6) is 0 Å². The van der Waals surface area contributed by atoms with Crippen LogP contribution in [-0.4, -0.2) is 32.0 Å². The first-order chi connectivity index (χ1) is 7.70. The van der Waals surface area contributed by atoms with E-state index in [0.29, 0.717) is 12.6 Å². The van der Waals surface area contributed by atoms with E-state index in [1.54, 1.807) is 13.8 Å². The minimum Gasteiger partial charge on any atom is -0.313 e. The molecule has 1 N–H and O–H groups in total. The number of hydrogen-bond acceptors (Lipinski definition) is 3. The van der Waals surface area contributed by atoms with Crippen LogP contribution < -0.4 is 5.32 Å². The fraction of sp³-hybridized carbons (Fsp3) is 1.00. The standard InChI is InChI=1S/C13H29NO2S/c1-6-7-8-9-10-12(2)14-11-13(3,4)17(5,15)16/h12,14H,6-11H2,1-5H3. The predicted octanol–water partition coefficient (Wildman–Crippen LogP) is 2.76. The molecule has 0 aromatic heterocycles. The van der Waals surface area contributed by atoms with Crippen LogP contribution in [0, 0.1) is 0 Å². The Bertz CT molecular complexity index is 297. The highest BCUT2D eigenvalue weighted by molar-refractivity contribution is 7.92. The smallest absolute Gasteiger partial charge is 0.153 e. The van der Waals surface area contributed by atoms with E-state index >= 15 is 0 Å². The van der Waals surface area contributed by atoms with E-state index in [9.17, 15) is 8.42 Å². The van der Waals surface area contributed by atoms with E-state index in [2.05, 4.69) is 19.2 Å². The molecule has 0 aromatic carbocycles. The Balaban J connectivity index is 3.88. The van der Waals surface area contributed by atoms with E-state index < -0.39 is 14.6 Å². The molecule has 0 saturated carbocycles. The van der Waals surface area contributed by atoms with E-state index in [4.69, 9.17) is 0 Å². The van der Waals surface area contributed by atoms with Crippen molar-refractivity contribution in [3.63, 3.8) is 0 Å². The molecule has 1 atom stereocenters. The first-order valence-electron chi connectivity index (χ1n) is 6.63. The SMILES string of the molecule is CCCCCCC(C)NCC(C)(C)S(C)(=O)=O. The van der Waals surface area contributed by atoms with Crippen LogP contribution in [-0.2, 0) is 9.84 Å². The molecule has 0 spiro atoms. The van der Waals surface area contributed by atoms with Gasteiger partial charge in [0.15, 0.2) is 9.84 Å². The van der Waals surface area contributed by atoms with Crippen molar-refractivity contribution in [3.05, 3.63) is 0 Å². The van der Waals surface area contributed by atoms with Gasteiger partial charge in [0.2, 0.25) is 0 Å². The number of unbranched alkanes of at least 4 members (excludes halogenated alkanes) is 3. The van der Waals surface area contributed by atoms with Crippen molar-refractivity contribution in [2.45, 2.75) is 70.6 Å². The Hall–Kier alpha value is -0.0900. The normalized spacial score (nSPS) is 14.9. The molecule has 4 heteroatoms. The summed E-state index contributed by atoms with van der Waals surface area (Å²) in [7, 11) is -2.99. The molecule has 0 radical (unpaired) electrons. The van der Waals surface area contributed by atoms with Crippen molar-refractivity contribution < 1.29 is 8.42 Å². The summed E-state index contributed by atoms with van der Waals surface area (Å²) < 4.78 is 22.4. The van der Waals surface area contributed by atoms with Gasteiger partial charge in [-0.1, -0.05) is 32.6 Å². The van der Waals surface area contributed by atoms with Gasteiger partial charge in [-0.05, 0) is 27.2 Å². The van der Waals surface area contributed by atoms with Crippen molar-refractivity contribution in [1.82, 2.24) is 5.32 Å². The summed E-state index contributed by atoms with van der Waals surface area (Å²) in [5.74, 6) is 0. The Labute approximate surface area is 107 Å². The number of hydrogen-bond donors (Lipinski definition) is 1. The van der Waals surface area contributed by atoms with Crippen molar-refractivity contribution in [3.8, 4) is 0 Å². The van der Waals surface area contributed by atoms with Crippen LogP contribution in [0.2, 0.25) is 0 Å². The van der Waals surface area contributed by atoms with Gasteiger partial charge in [0, 0.05) is 18.8 Å². The molecule has 0 aliphatic rings. The van der Waals surface area contributed by atoms with Crippen LogP contribution in [0.3, 0.4) is 0 Å². The van der Waals surface area contributed by atoms with Crippen LogP contribution >= 0.6 is 0 Å². The van der Waals surface area contributed by atoms with Gasteiger partial charge in [-0.25, -0.2) is 8.42 Å². The second-order valence-corrected chi connectivity index (χ2v) is 8.31. The highest BCUT2D eigenvalue weighted by Gasteiger charge is 2.29. The van der Waals surface area contributed by atoms with Crippen LogP contribution in [0.4, 0.5) is 0 Å². The first kappa shape index (κ1) is 16.9. The largest absolute Gasteiger partial charge is 0.313 e. The summed E-state index contributed by atoms with van der Waals surface area (Å²) in [6.45, 7) is 8.42. The predicted molar refractivity (Wildman–Crippen MR) is 75.1 cm³/mol. The van der Waals surface area contributed by atoms with Gasteiger partial charge in [0.05, 0.1) is 4.75 Å². The molecule has 0 heterocycles. The molecular formula is C13H29NO2S. The zero-order valence-electron chi connectivity index (χ0n) is 12.0. The summed E-state index contributed by atoms with van der Waals surface area (Å²) in [5.41, 5.74) is 0. The van der Waals surface area contributed by atoms with E-state index in [-0.39, 0.29) is 0 Å². The van der Waals surface area contributed by atoms with Crippen LogP contribution in [0.25, 0.3) is 0 Å². The molecule has 0 aromatic rings. The summed E-state index contributed by atoms with van der Waals surface area (Å²) in [4.78, 5) is 0. The molecule has 0 bridgehead atoms. The van der Waals surface area contributed by atoms with Gasteiger partial charge in [0.1, 0.15) is 0 Å². The maximum absolute atomic E-state index is 11.5. The second-order valence-electron chi connectivity index (χ2n) is 5.66. The molecule has 0 aliphatic carbocycles. The molecule has 0 aliphatic heterocycles. The van der Waals surface area contributed by atoms with Gasteiger partial charge in [-0.3, -0.25) is 0 Å². The quantitative estimate of drug-likeness (QED) is 0.651. The van der Waals surface area contributed by atoms with Crippen molar-refractivity contribution in [2.24, 2.45) is 0 Å². The third-order valence-corrected chi connectivity index (χ3v) is 5.52. The topological polar surface area (TPSA) is 46.2 Å². The molecular weight excluding hydrogens is 234 g/mol. The van der Waals surface area contributed by atoms with Crippen molar-refractivity contribution >= 4 is 9.84 Å². The fourth-order valence-corrected chi connectivity index (χ4v) is 1.88. The average Bonchev–Trinajstić information content (AvgIpc) is 2.20. The molecule has 0 fully saturated rings. The van der Waals surface area contributed by atoms with Crippen molar-refractivity contribution in [2.75, 3.05) is 12.8 Å². The molecule has 104 valence electrons. The van der Waals surface area contributed by atoms with Crippen LogP contribution in [0.15, 0.2) is 0 Å². The molecule has 0 saturated heterocycles. The van der Waals surface area contributed by atoms with Gasteiger partial charge >= 0.3 is 0 Å². The lowest BCUT2D eigenvalue weighted by atomic mass is 10.1. The third kappa shape index (κ3) is 7.04. The van der Waals surface area contributed by atoms with E-state index in [0.717, 1.165) is 6.42 Å². The Morgan fingerprint density at radius 1 is 1.18 bits per heavy atom. The summed E-state index contributed by atoms with van der Waals surface area (Å²) >= 11 is 0. The molecule has 0 rings (SSSR count). The Morgan fingerprint density at radius 2 is 1.76 bits per heavy atom. The highest BCUT2D eigenvalue weighted by atomic mass is 32.2. The Morgan fingerprint density at radius 3 is 2.24 bits per heavy atom. The number of nitrogens with one attached hydrogen (secondary N) is 1. The number of rotatable bonds is 9. The van der Waals surface area contributed by atoms with Gasteiger partial charge in [-0.2, -0.15) is 0 Å². The highest BCUT2D eigenvalue weighted by Crippen LogP contribution is 2.14. The lowest BCUT2D eigenvalue weighted by molar-refractivity contribution is 0.448. The summed E-state index contributed by atoms with van der Waals surface area (Å²) in [6.07, 6.45) is 7.48. The maximum Gasteiger partial charge on any atom is 0.153 e. The van der Waals surface area contributed by atoms with E-state index in [1.165, 1.54) is 31.9 Å².